The molecule has 2 amide bonds. The second kappa shape index (κ2) is 7.32. The first-order chi connectivity index (χ1) is 12.0. The number of hydrazine groups is 1. The molecule has 3 aromatic carbocycles. The maximum Gasteiger partial charge on any atom is 0.272 e. The van der Waals surface area contributed by atoms with E-state index in [1.54, 1.807) is 0 Å². The zero-order chi connectivity index (χ0) is 17.8. The van der Waals surface area contributed by atoms with Crippen molar-refractivity contribution in [1.29, 1.82) is 0 Å². The summed E-state index contributed by atoms with van der Waals surface area (Å²) in [6.45, 7) is 0. The molecule has 0 atom stereocenters. The van der Waals surface area contributed by atoms with Gasteiger partial charge in [-0.3, -0.25) is 20.4 Å². The summed E-state index contributed by atoms with van der Waals surface area (Å²) < 4.78 is 13.6. The van der Waals surface area contributed by atoms with E-state index in [9.17, 15) is 14.0 Å². The highest BCUT2D eigenvalue weighted by atomic mass is 35.5. The summed E-state index contributed by atoms with van der Waals surface area (Å²) in [6, 6.07) is 17.0. The topological polar surface area (TPSA) is 58.2 Å². The number of amides is 2. The standard InChI is InChI=1S/C19H14ClFN2O2/c20-14-8-9-17(21)16(11-14)19(25)23-22-18(24)10-13-6-3-5-12-4-1-2-7-15(12)13/h1-9,11H,10H2,(H,22,24)(H,23,25). The summed E-state index contributed by atoms with van der Waals surface area (Å²) in [5.41, 5.74) is 5.08. The Kier molecular flexibility index (Phi) is 4.95. The summed E-state index contributed by atoms with van der Waals surface area (Å²) in [5, 5.41) is 2.22. The second-order valence-corrected chi connectivity index (χ2v) is 5.88. The van der Waals surface area contributed by atoms with E-state index in [0.29, 0.717) is 0 Å². The van der Waals surface area contributed by atoms with Crippen LogP contribution in [0.3, 0.4) is 0 Å². The van der Waals surface area contributed by atoms with E-state index in [4.69, 9.17) is 11.6 Å². The third-order valence-electron chi connectivity index (χ3n) is 3.72. The minimum absolute atomic E-state index is 0.0830. The van der Waals surface area contributed by atoms with Crippen LogP contribution < -0.4 is 10.9 Å². The fraction of sp³-hybridized carbons (Fsp3) is 0.0526. The van der Waals surface area contributed by atoms with Gasteiger partial charge in [0.1, 0.15) is 5.82 Å². The maximum atomic E-state index is 13.6. The van der Waals surface area contributed by atoms with Crippen molar-refractivity contribution in [3.8, 4) is 0 Å². The molecule has 0 unspecified atom stereocenters. The number of carbonyl (C=O) groups excluding carboxylic acids is 2. The molecule has 0 spiro atoms. The molecular weight excluding hydrogens is 343 g/mol. The number of halogens is 2. The maximum absolute atomic E-state index is 13.6. The Balaban J connectivity index is 1.66. The predicted octanol–water partition coefficient (Wildman–Crippen LogP) is 3.64. The third kappa shape index (κ3) is 3.95. The van der Waals surface area contributed by atoms with Crippen molar-refractivity contribution < 1.29 is 14.0 Å². The van der Waals surface area contributed by atoms with Crippen molar-refractivity contribution in [2.75, 3.05) is 0 Å². The molecule has 0 bridgehead atoms. The molecule has 0 saturated carbocycles. The molecule has 4 nitrogen and oxygen atoms in total. The van der Waals surface area contributed by atoms with E-state index in [-0.39, 0.29) is 17.0 Å². The van der Waals surface area contributed by atoms with E-state index in [1.807, 2.05) is 42.5 Å². The van der Waals surface area contributed by atoms with Gasteiger partial charge in [-0.1, -0.05) is 54.1 Å². The molecule has 0 fully saturated rings. The number of rotatable bonds is 3. The fourth-order valence-electron chi connectivity index (χ4n) is 2.53. The third-order valence-corrected chi connectivity index (χ3v) is 3.95. The summed E-state index contributed by atoms with van der Waals surface area (Å²) in [7, 11) is 0. The highest BCUT2D eigenvalue weighted by molar-refractivity contribution is 6.31. The van der Waals surface area contributed by atoms with Crippen LogP contribution in [0.5, 0.6) is 0 Å². The molecule has 0 radical (unpaired) electrons. The average Bonchev–Trinajstić information content (AvgIpc) is 2.62. The zero-order valence-electron chi connectivity index (χ0n) is 13.1. The number of hydrogen-bond acceptors (Lipinski definition) is 2. The van der Waals surface area contributed by atoms with Crippen molar-refractivity contribution in [1.82, 2.24) is 10.9 Å². The monoisotopic (exact) mass is 356 g/mol. The van der Waals surface area contributed by atoms with Crippen LogP contribution in [0.15, 0.2) is 60.7 Å². The quantitative estimate of drug-likeness (QED) is 0.704. The molecule has 0 heterocycles. The highest BCUT2D eigenvalue weighted by Gasteiger charge is 2.13. The lowest BCUT2D eigenvalue weighted by molar-refractivity contribution is -0.121. The largest absolute Gasteiger partial charge is 0.273 e. The average molecular weight is 357 g/mol. The number of carbonyl (C=O) groups is 2. The Labute approximate surface area is 148 Å². The van der Waals surface area contributed by atoms with Crippen LogP contribution in [0.25, 0.3) is 10.8 Å². The van der Waals surface area contributed by atoms with Crippen molar-refractivity contribution in [2.45, 2.75) is 6.42 Å². The molecule has 3 aromatic rings. The molecule has 0 aliphatic heterocycles. The lowest BCUT2D eigenvalue weighted by atomic mass is 10.0. The SMILES string of the molecule is O=C(Cc1cccc2ccccc12)NNC(=O)c1cc(Cl)ccc1F. The Morgan fingerprint density at radius 3 is 2.56 bits per heavy atom. The first kappa shape index (κ1) is 16.9. The van der Waals surface area contributed by atoms with Gasteiger partial charge in [0, 0.05) is 5.02 Å². The minimum atomic E-state index is -0.772. The van der Waals surface area contributed by atoms with Crippen LogP contribution in [0.4, 0.5) is 4.39 Å². The van der Waals surface area contributed by atoms with Crippen molar-refractivity contribution in [3.63, 3.8) is 0 Å². The minimum Gasteiger partial charge on any atom is -0.273 e. The summed E-state index contributed by atoms with van der Waals surface area (Å²) in [5.74, 6) is -1.90. The van der Waals surface area contributed by atoms with E-state index < -0.39 is 17.6 Å². The Hall–Kier alpha value is -2.92. The lowest BCUT2D eigenvalue weighted by Crippen LogP contribution is -2.42. The molecular formula is C19H14ClFN2O2. The second-order valence-electron chi connectivity index (χ2n) is 5.44. The van der Waals surface area contributed by atoms with Crippen LogP contribution in [-0.2, 0) is 11.2 Å². The summed E-state index contributed by atoms with van der Waals surface area (Å²) in [6.07, 6.45) is 0.0830. The van der Waals surface area contributed by atoms with Gasteiger partial charge in [-0.15, -0.1) is 0 Å². The molecule has 6 heteroatoms. The van der Waals surface area contributed by atoms with E-state index in [1.165, 1.54) is 12.1 Å². The molecule has 25 heavy (non-hydrogen) atoms. The van der Waals surface area contributed by atoms with E-state index in [2.05, 4.69) is 10.9 Å². The molecule has 0 saturated heterocycles. The Morgan fingerprint density at radius 1 is 0.960 bits per heavy atom. The smallest absolute Gasteiger partial charge is 0.272 e. The van der Waals surface area contributed by atoms with E-state index in [0.717, 1.165) is 22.4 Å². The first-order valence-electron chi connectivity index (χ1n) is 7.55. The number of fused-ring (bicyclic) bond motifs is 1. The predicted molar refractivity (Wildman–Crippen MR) is 94.7 cm³/mol. The summed E-state index contributed by atoms with van der Waals surface area (Å²) in [4.78, 5) is 24.1. The highest BCUT2D eigenvalue weighted by Crippen LogP contribution is 2.19. The van der Waals surface area contributed by atoms with Crippen LogP contribution >= 0.6 is 11.6 Å². The van der Waals surface area contributed by atoms with Crippen LogP contribution in [0.2, 0.25) is 5.02 Å². The van der Waals surface area contributed by atoms with Gasteiger partial charge >= 0.3 is 0 Å². The Morgan fingerprint density at radius 2 is 1.72 bits per heavy atom. The van der Waals surface area contributed by atoms with Crippen LogP contribution in [0, 0.1) is 5.82 Å². The van der Waals surface area contributed by atoms with Crippen LogP contribution in [-0.4, -0.2) is 11.8 Å². The van der Waals surface area contributed by atoms with E-state index >= 15 is 0 Å². The first-order valence-corrected chi connectivity index (χ1v) is 7.93. The van der Waals surface area contributed by atoms with Crippen molar-refractivity contribution >= 4 is 34.2 Å². The molecule has 0 aliphatic carbocycles. The molecule has 0 aromatic heterocycles. The number of benzene rings is 3. The molecule has 3 rings (SSSR count). The van der Waals surface area contributed by atoms with Gasteiger partial charge in [-0.25, -0.2) is 4.39 Å². The van der Waals surface area contributed by atoms with Crippen molar-refractivity contribution in [2.24, 2.45) is 0 Å². The zero-order valence-corrected chi connectivity index (χ0v) is 13.8. The van der Waals surface area contributed by atoms with Gasteiger partial charge in [0.05, 0.1) is 12.0 Å². The van der Waals surface area contributed by atoms with Gasteiger partial charge in [-0.05, 0) is 34.5 Å². The van der Waals surface area contributed by atoms with Gasteiger partial charge in [-0.2, -0.15) is 0 Å². The van der Waals surface area contributed by atoms with Gasteiger partial charge in [0.25, 0.3) is 5.91 Å². The normalized spacial score (nSPS) is 10.5. The Bertz CT molecular complexity index is 954. The molecule has 2 N–H and O–H groups in total. The van der Waals surface area contributed by atoms with Gasteiger partial charge in [0.15, 0.2) is 0 Å². The van der Waals surface area contributed by atoms with Crippen molar-refractivity contribution in [3.05, 3.63) is 82.6 Å². The summed E-state index contributed by atoms with van der Waals surface area (Å²) >= 11 is 5.75. The fourth-order valence-corrected chi connectivity index (χ4v) is 2.70. The van der Waals surface area contributed by atoms with Crippen LogP contribution in [0.1, 0.15) is 15.9 Å². The number of nitrogens with one attached hydrogen (secondary N) is 2. The lowest BCUT2D eigenvalue weighted by Gasteiger charge is -2.10. The van der Waals surface area contributed by atoms with Gasteiger partial charge < -0.3 is 0 Å². The van der Waals surface area contributed by atoms with Gasteiger partial charge in [0.2, 0.25) is 5.91 Å². The molecule has 126 valence electrons. The molecule has 0 aliphatic rings. The number of hydrogen-bond donors (Lipinski definition) is 2.